The molecule has 3 rings (SSSR count). The van der Waals surface area contributed by atoms with Crippen molar-refractivity contribution in [1.29, 1.82) is 10.5 Å². The van der Waals surface area contributed by atoms with Crippen molar-refractivity contribution >= 4 is 11.7 Å². The molecular weight excluding hydrogens is 366 g/mol. The fraction of sp³-hybridized carbons (Fsp3) is 0.0909. The second-order valence-electron chi connectivity index (χ2n) is 6.09. The van der Waals surface area contributed by atoms with Gasteiger partial charge < -0.3 is 15.8 Å². The normalized spacial score (nSPS) is 9.90. The van der Waals surface area contributed by atoms with Crippen LogP contribution in [0, 0.1) is 22.7 Å². The van der Waals surface area contributed by atoms with Crippen LogP contribution in [0.1, 0.15) is 27.0 Å². The second kappa shape index (κ2) is 8.55. The van der Waals surface area contributed by atoms with Gasteiger partial charge >= 0.3 is 0 Å². The summed E-state index contributed by atoms with van der Waals surface area (Å²) in [5.74, 6) is -0.190. The van der Waals surface area contributed by atoms with Crippen molar-refractivity contribution in [2.45, 2.75) is 6.61 Å². The summed E-state index contributed by atoms with van der Waals surface area (Å²) in [5.41, 5.74) is 8.49. The molecule has 0 saturated heterocycles. The van der Waals surface area contributed by atoms with E-state index >= 15 is 0 Å². The number of nitrogen functional groups attached to an aromatic ring is 1. The molecule has 0 atom stereocenters. The summed E-state index contributed by atoms with van der Waals surface area (Å²) in [7, 11) is 1.55. The third-order valence-corrected chi connectivity index (χ3v) is 4.27. The fourth-order valence-corrected chi connectivity index (χ4v) is 2.89. The second-order valence-corrected chi connectivity index (χ2v) is 6.09. The lowest BCUT2D eigenvalue weighted by atomic mass is 9.96. The Bertz CT molecular complexity index is 1140. The van der Waals surface area contributed by atoms with Gasteiger partial charge in [0.25, 0.3) is 5.91 Å². The number of nitrogens with zero attached hydrogens (tertiary/aromatic N) is 3. The van der Waals surface area contributed by atoms with Crippen molar-refractivity contribution in [3.05, 3.63) is 76.9 Å². The number of amides is 1. The Morgan fingerprint density at radius 2 is 1.83 bits per heavy atom. The minimum atomic E-state index is -0.211. The molecule has 7 heteroatoms. The van der Waals surface area contributed by atoms with Gasteiger partial charge in [-0.05, 0) is 23.3 Å². The molecule has 3 N–H and O–H groups in total. The Morgan fingerprint density at radius 1 is 1.10 bits per heavy atom. The van der Waals surface area contributed by atoms with Crippen LogP contribution in [0.25, 0.3) is 11.1 Å². The topological polar surface area (TPSA) is 125 Å². The molecule has 0 aliphatic heterocycles. The lowest BCUT2D eigenvalue weighted by molar-refractivity contribution is 0.0963. The van der Waals surface area contributed by atoms with Gasteiger partial charge in [0.15, 0.2) is 0 Å². The number of nitrogens with two attached hydrogens (primary N) is 1. The molecule has 29 heavy (non-hydrogen) atoms. The lowest BCUT2D eigenvalue weighted by Crippen LogP contribution is -2.17. The predicted molar refractivity (Wildman–Crippen MR) is 108 cm³/mol. The number of anilines is 1. The number of benzene rings is 2. The zero-order valence-corrected chi connectivity index (χ0v) is 15.6. The molecule has 0 unspecified atom stereocenters. The SMILES string of the molecule is CNC(=O)c1cccc(COc2nc(N)c(C#N)c(-c3ccccc3)c2C#N)c1. The van der Waals surface area contributed by atoms with Gasteiger partial charge in [0.05, 0.1) is 0 Å². The average molecular weight is 383 g/mol. The van der Waals surface area contributed by atoms with Crippen LogP contribution in [-0.4, -0.2) is 17.9 Å². The van der Waals surface area contributed by atoms with E-state index in [4.69, 9.17) is 10.5 Å². The predicted octanol–water partition coefficient (Wildman–Crippen LogP) is 3.01. The van der Waals surface area contributed by atoms with Crippen LogP contribution in [0.3, 0.4) is 0 Å². The van der Waals surface area contributed by atoms with E-state index in [-0.39, 0.29) is 35.3 Å². The first-order valence-electron chi connectivity index (χ1n) is 8.72. The third-order valence-electron chi connectivity index (χ3n) is 4.27. The lowest BCUT2D eigenvalue weighted by Gasteiger charge is -2.14. The summed E-state index contributed by atoms with van der Waals surface area (Å²) in [4.78, 5) is 15.9. The highest BCUT2D eigenvalue weighted by Crippen LogP contribution is 2.35. The highest BCUT2D eigenvalue weighted by atomic mass is 16.5. The first kappa shape index (κ1) is 19.4. The van der Waals surface area contributed by atoms with Crippen LogP contribution in [0.15, 0.2) is 54.6 Å². The molecule has 0 radical (unpaired) electrons. The molecule has 1 amide bonds. The quantitative estimate of drug-likeness (QED) is 0.698. The Labute approximate surface area is 168 Å². The molecule has 0 spiro atoms. The van der Waals surface area contributed by atoms with E-state index in [2.05, 4.69) is 16.4 Å². The zero-order chi connectivity index (χ0) is 20.8. The molecule has 0 saturated carbocycles. The first-order chi connectivity index (χ1) is 14.1. The smallest absolute Gasteiger partial charge is 0.251 e. The van der Waals surface area contributed by atoms with Crippen LogP contribution in [0.2, 0.25) is 0 Å². The van der Waals surface area contributed by atoms with Gasteiger partial charge in [-0.25, -0.2) is 0 Å². The summed E-state index contributed by atoms with van der Waals surface area (Å²) in [6, 6.07) is 20.0. The third kappa shape index (κ3) is 4.00. The van der Waals surface area contributed by atoms with Crippen LogP contribution in [-0.2, 0) is 6.61 Å². The van der Waals surface area contributed by atoms with Crippen molar-refractivity contribution in [3.8, 4) is 29.1 Å². The van der Waals surface area contributed by atoms with Crippen molar-refractivity contribution in [2.75, 3.05) is 12.8 Å². The van der Waals surface area contributed by atoms with Crippen molar-refractivity contribution in [3.63, 3.8) is 0 Å². The minimum Gasteiger partial charge on any atom is -0.472 e. The van der Waals surface area contributed by atoms with Gasteiger partial charge in [-0.15, -0.1) is 0 Å². The van der Waals surface area contributed by atoms with Gasteiger partial charge in [-0.1, -0.05) is 42.5 Å². The van der Waals surface area contributed by atoms with E-state index in [1.807, 2.05) is 12.1 Å². The van der Waals surface area contributed by atoms with Gasteiger partial charge in [-0.2, -0.15) is 15.5 Å². The molecule has 3 aromatic rings. The van der Waals surface area contributed by atoms with E-state index in [0.717, 1.165) is 5.56 Å². The summed E-state index contributed by atoms with van der Waals surface area (Å²) in [6.07, 6.45) is 0. The number of nitrogens with one attached hydrogen (secondary N) is 1. The van der Waals surface area contributed by atoms with E-state index in [0.29, 0.717) is 16.7 Å². The highest BCUT2D eigenvalue weighted by molar-refractivity contribution is 5.94. The molecule has 1 heterocycles. The van der Waals surface area contributed by atoms with E-state index in [1.54, 1.807) is 55.6 Å². The van der Waals surface area contributed by atoms with E-state index in [1.165, 1.54) is 0 Å². The molecule has 142 valence electrons. The van der Waals surface area contributed by atoms with Crippen LogP contribution < -0.4 is 15.8 Å². The molecule has 0 aliphatic carbocycles. The van der Waals surface area contributed by atoms with Gasteiger partial charge in [0.2, 0.25) is 5.88 Å². The van der Waals surface area contributed by atoms with Gasteiger partial charge in [-0.3, -0.25) is 4.79 Å². The maximum atomic E-state index is 11.8. The van der Waals surface area contributed by atoms with Gasteiger partial charge in [0, 0.05) is 18.2 Å². The number of hydrogen-bond acceptors (Lipinski definition) is 6. The zero-order valence-electron chi connectivity index (χ0n) is 15.6. The summed E-state index contributed by atoms with van der Waals surface area (Å²) >= 11 is 0. The first-order valence-corrected chi connectivity index (χ1v) is 8.72. The number of pyridine rings is 1. The number of carbonyl (C=O) groups is 1. The summed E-state index contributed by atoms with van der Waals surface area (Å²) in [6.45, 7) is 0.0755. The molecular formula is C22H17N5O2. The Balaban J connectivity index is 2.01. The number of rotatable bonds is 5. The van der Waals surface area contributed by atoms with Crippen molar-refractivity contribution in [1.82, 2.24) is 10.3 Å². The van der Waals surface area contributed by atoms with Crippen LogP contribution in [0.5, 0.6) is 5.88 Å². The fourth-order valence-electron chi connectivity index (χ4n) is 2.89. The van der Waals surface area contributed by atoms with Crippen molar-refractivity contribution < 1.29 is 9.53 Å². The number of carbonyl (C=O) groups excluding carboxylic acids is 1. The maximum absolute atomic E-state index is 11.8. The Hall–Kier alpha value is -4.36. The summed E-state index contributed by atoms with van der Waals surface area (Å²) < 4.78 is 5.77. The van der Waals surface area contributed by atoms with E-state index < -0.39 is 0 Å². The Morgan fingerprint density at radius 3 is 2.48 bits per heavy atom. The molecule has 2 aromatic carbocycles. The molecule has 7 nitrogen and oxygen atoms in total. The average Bonchev–Trinajstić information content (AvgIpc) is 2.77. The monoisotopic (exact) mass is 383 g/mol. The molecule has 0 fully saturated rings. The Kier molecular flexibility index (Phi) is 5.72. The number of ether oxygens (including phenoxy) is 1. The van der Waals surface area contributed by atoms with Gasteiger partial charge in [0.1, 0.15) is 35.7 Å². The molecule has 0 aliphatic rings. The van der Waals surface area contributed by atoms with Crippen LogP contribution in [0.4, 0.5) is 5.82 Å². The van der Waals surface area contributed by atoms with Crippen molar-refractivity contribution in [2.24, 2.45) is 0 Å². The highest BCUT2D eigenvalue weighted by Gasteiger charge is 2.21. The molecule has 1 aromatic heterocycles. The number of nitriles is 2. The minimum absolute atomic E-state index is 0.0144. The summed E-state index contributed by atoms with van der Waals surface area (Å²) in [5, 5.41) is 21.8. The molecule has 0 bridgehead atoms. The maximum Gasteiger partial charge on any atom is 0.251 e. The number of hydrogen-bond donors (Lipinski definition) is 2. The number of aromatic nitrogens is 1. The standard InChI is InChI=1S/C22H17N5O2/c1-26-21(28)16-9-5-6-14(10-16)13-29-22-18(12-24)19(15-7-3-2-4-8-15)17(11-23)20(25)27-22/h2-10H,13H2,1H3,(H2,25,27)(H,26,28). The van der Waals surface area contributed by atoms with Crippen LogP contribution >= 0.6 is 0 Å². The largest absolute Gasteiger partial charge is 0.472 e. The van der Waals surface area contributed by atoms with E-state index in [9.17, 15) is 15.3 Å².